The third kappa shape index (κ3) is 4.12. The highest BCUT2D eigenvalue weighted by molar-refractivity contribution is 6.31. The average Bonchev–Trinajstić information content (AvgIpc) is 2.92. The predicted octanol–water partition coefficient (Wildman–Crippen LogP) is 5.03. The van der Waals surface area contributed by atoms with Crippen LogP contribution in [0.4, 0.5) is 0 Å². The van der Waals surface area contributed by atoms with Crippen molar-refractivity contribution >= 4 is 39.5 Å². The lowest BCUT2D eigenvalue weighted by Gasteiger charge is -2.20. The number of rotatable bonds is 5. The van der Waals surface area contributed by atoms with Crippen molar-refractivity contribution in [2.75, 3.05) is 7.11 Å². The van der Waals surface area contributed by atoms with Crippen molar-refractivity contribution in [1.82, 2.24) is 0 Å². The molecule has 0 saturated carbocycles. The summed E-state index contributed by atoms with van der Waals surface area (Å²) in [6, 6.07) is 14.1. The lowest BCUT2D eigenvalue weighted by Crippen LogP contribution is -2.19. The third-order valence-electron chi connectivity index (χ3n) is 6.27. The number of ether oxygens (including phenoxy) is 1. The van der Waals surface area contributed by atoms with Crippen LogP contribution in [0.2, 0.25) is 5.02 Å². The molecule has 0 amide bonds. The number of fused-ring (bicyclic) bond motifs is 2. The summed E-state index contributed by atoms with van der Waals surface area (Å²) in [5.74, 6) is -4.84. The van der Waals surface area contributed by atoms with Crippen molar-refractivity contribution in [2.45, 2.75) is 12.3 Å². The molecule has 1 atom stereocenters. The first kappa shape index (κ1) is 24.9. The van der Waals surface area contributed by atoms with Crippen molar-refractivity contribution < 1.29 is 33.7 Å². The van der Waals surface area contributed by atoms with E-state index in [1.54, 1.807) is 30.3 Å². The van der Waals surface area contributed by atoms with Crippen molar-refractivity contribution in [3.8, 4) is 28.6 Å². The number of carbonyl (C=O) groups is 1. The van der Waals surface area contributed by atoms with Crippen LogP contribution in [-0.2, 0) is 9.53 Å². The molecule has 0 saturated heterocycles. The number of methoxy groups -OCH3 is 1. The van der Waals surface area contributed by atoms with Gasteiger partial charge in [-0.05, 0) is 18.2 Å². The zero-order chi connectivity index (χ0) is 27.1. The highest BCUT2D eigenvalue weighted by atomic mass is 35.5. The molecule has 0 fully saturated rings. The topological polar surface area (TPSA) is 147 Å². The molecule has 2 aromatic heterocycles. The first-order valence-electron chi connectivity index (χ1n) is 11.3. The number of hydrogen-bond donors (Lipinski definition) is 3. The van der Waals surface area contributed by atoms with Gasteiger partial charge in [0.15, 0.2) is 22.4 Å². The molecule has 5 rings (SSSR count). The van der Waals surface area contributed by atoms with E-state index in [2.05, 4.69) is 0 Å². The van der Waals surface area contributed by atoms with E-state index in [0.29, 0.717) is 5.56 Å². The molecule has 0 spiro atoms. The second-order valence-electron chi connectivity index (χ2n) is 8.50. The van der Waals surface area contributed by atoms with E-state index in [0.717, 1.165) is 19.4 Å². The van der Waals surface area contributed by atoms with Gasteiger partial charge in [-0.3, -0.25) is 14.4 Å². The zero-order valence-corrected chi connectivity index (χ0v) is 20.5. The van der Waals surface area contributed by atoms with Gasteiger partial charge in [-0.25, -0.2) is 0 Å². The molecular weight excluding hydrogens is 516 g/mol. The molecule has 0 unspecified atom stereocenters. The summed E-state index contributed by atoms with van der Waals surface area (Å²) in [7, 11) is 1.14. The lowest BCUT2D eigenvalue weighted by atomic mass is 9.86. The van der Waals surface area contributed by atoms with Crippen LogP contribution < -0.4 is 10.9 Å². The third-order valence-corrected chi connectivity index (χ3v) is 6.51. The maximum atomic E-state index is 13.6. The summed E-state index contributed by atoms with van der Waals surface area (Å²) in [4.78, 5) is 39.2. The summed E-state index contributed by atoms with van der Waals surface area (Å²) in [6.07, 6.45) is 0.597. The van der Waals surface area contributed by atoms with Crippen molar-refractivity contribution in [2.24, 2.45) is 0 Å². The molecule has 10 heteroatoms. The normalized spacial score (nSPS) is 12.1. The van der Waals surface area contributed by atoms with Gasteiger partial charge < -0.3 is 28.9 Å². The average molecular weight is 535 g/mol. The Bertz CT molecular complexity index is 1840. The molecule has 0 bridgehead atoms. The Balaban J connectivity index is 1.89. The molecule has 0 radical (unpaired) electrons. The van der Waals surface area contributed by atoms with Crippen LogP contribution in [0.15, 0.2) is 79.3 Å². The van der Waals surface area contributed by atoms with Gasteiger partial charge in [0.25, 0.3) is 0 Å². The number of phenolic OH excluding ortho intramolecular Hbond substituents is 3. The smallest absolute Gasteiger partial charge is 0.306 e. The molecule has 38 heavy (non-hydrogen) atoms. The second-order valence-corrected chi connectivity index (χ2v) is 8.93. The van der Waals surface area contributed by atoms with E-state index >= 15 is 0 Å². The maximum absolute atomic E-state index is 13.6. The molecule has 5 aromatic rings. The quantitative estimate of drug-likeness (QED) is 0.208. The van der Waals surface area contributed by atoms with Crippen LogP contribution in [0.25, 0.3) is 33.3 Å². The largest absolute Gasteiger partial charge is 0.504 e. The fourth-order valence-electron chi connectivity index (χ4n) is 4.42. The van der Waals surface area contributed by atoms with Gasteiger partial charge in [0, 0.05) is 33.7 Å². The van der Waals surface area contributed by atoms with E-state index < -0.39 is 51.8 Å². The molecule has 3 N–H and O–H groups in total. The Morgan fingerprint density at radius 3 is 2.45 bits per heavy atom. The number of carbonyl (C=O) groups excluding carboxylic acids is 1. The van der Waals surface area contributed by atoms with Crippen LogP contribution in [0, 0.1) is 0 Å². The minimum atomic E-state index is -1.33. The van der Waals surface area contributed by atoms with E-state index in [4.69, 9.17) is 25.2 Å². The zero-order valence-electron chi connectivity index (χ0n) is 19.7. The van der Waals surface area contributed by atoms with Gasteiger partial charge in [0.2, 0.25) is 5.75 Å². The lowest BCUT2D eigenvalue weighted by molar-refractivity contribution is -0.140. The molecule has 3 aromatic carbocycles. The van der Waals surface area contributed by atoms with Gasteiger partial charge in [-0.2, -0.15) is 0 Å². The Morgan fingerprint density at radius 1 is 1.00 bits per heavy atom. The number of halogens is 1. The number of benzene rings is 3. The van der Waals surface area contributed by atoms with Gasteiger partial charge in [0.05, 0.1) is 25.2 Å². The number of aromatic hydroxyl groups is 3. The Hall–Kier alpha value is -4.76. The summed E-state index contributed by atoms with van der Waals surface area (Å²) in [6.45, 7) is 0. The monoisotopic (exact) mass is 534 g/mol. The summed E-state index contributed by atoms with van der Waals surface area (Å²) >= 11 is 6.08. The van der Waals surface area contributed by atoms with E-state index in [1.165, 1.54) is 18.2 Å². The Kier molecular flexibility index (Phi) is 6.30. The van der Waals surface area contributed by atoms with Crippen molar-refractivity contribution in [1.29, 1.82) is 0 Å². The SMILES string of the molecule is COC(=O)C[C@H](c1coc2ccc(Cl)cc2c1=O)c1c(O)c(O)c(O)c2c(=O)cc(-c3ccccc3)oc12. The first-order chi connectivity index (χ1) is 18.2. The van der Waals surface area contributed by atoms with Crippen LogP contribution in [0.1, 0.15) is 23.5 Å². The summed E-state index contributed by atoms with van der Waals surface area (Å²) in [5.41, 5.74) is -1.31. The van der Waals surface area contributed by atoms with E-state index in [-0.39, 0.29) is 38.5 Å². The van der Waals surface area contributed by atoms with Gasteiger partial charge >= 0.3 is 5.97 Å². The number of esters is 1. The summed E-state index contributed by atoms with van der Waals surface area (Å²) in [5, 5.41) is 32.0. The van der Waals surface area contributed by atoms with Crippen molar-refractivity contribution in [3.63, 3.8) is 0 Å². The fraction of sp³-hybridized carbons (Fsp3) is 0.107. The molecule has 0 aliphatic carbocycles. The Labute approximate surface area is 218 Å². The molecule has 0 aliphatic heterocycles. The second kappa shape index (κ2) is 9.60. The molecular formula is C28H19ClO9. The van der Waals surface area contributed by atoms with Gasteiger partial charge in [-0.1, -0.05) is 41.9 Å². The number of hydrogen-bond acceptors (Lipinski definition) is 9. The van der Waals surface area contributed by atoms with E-state index in [1.807, 2.05) is 0 Å². The van der Waals surface area contributed by atoms with Gasteiger partial charge in [0.1, 0.15) is 22.3 Å². The van der Waals surface area contributed by atoms with Crippen LogP contribution in [-0.4, -0.2) is 28.4 Å². The Morgan fingerprint density at radius 2 is 1.74 bits per heavy atom. The molecule has 192 valence electrons. The van der Waals surface area contributed by atoms with Gasteiger partial charge in [-0.15, -0.1) is 0 Å². The first-order valence-corrected chi connectivity index (χ1v) is 11.7. The van der Waals surface area contributed by atoms with Crippen molar-refractivity contribution in [3.05, 3.63) is 97.5 Å². The molecule has 2 heterocycles. The molecule has 0 aliphatic rings. The van der Waals surface area contributed by atoms with Crippen LogP contribution in [0.3, 0.4) is 0 Å². The minimum Gasteiger partial charge on any atom is -0.504 e. The standard InChI is InChI=1S/C28H19ClO9/c1-36-21(31)10-15(17-12-37-19-8-7-14(29)9-16(19)24(17)32)22-25(33)27(35)26(34)23-18(30)11-20(38-28(22)23)13-5-3-2-4-6-13/h2-9,11-12,15,33-35H,10H2,1H3/t15-/m1/s1. The van der Waals surface area contributed by atoms with E-state index in [9.17, 15) is 29.7 Å². The van der Waals surface area contributed by atoms with Crippen LogP contribution in [0.5, 0.6) is 17.2 Å². The molecule has 9 nitrogen and oxygen atoms in total. The maximum Gasteiger partial charge on any atom is 0.306 e. The summed E-state index contributed by atoms with van der Waals surface area (Å²) < 4.78 is 16.4. The predicted molar refractivity (Wildman–Crippen MR) is 139 cm³/mol. The number of phenols is 3. The highest BCUT2D eigenvalue weighted by Crippen LogP contribution is 2.49. The fourth-order valence-corrected chi connectivity index (χ4v) is 4.59. The minimum absolute atomic E-state index is 0.0861. The highest BCUT2D eigenvalue weighted by Gasteiger charge is 2.33. The van der Waals surface area contributed by atoms with Crippen LogP contribution >= 0.6 is 11.6 Å².